The predicted molar refractivity (Wildman–Crippen MR) is 87.7 cm³/mol. The number of nitrogens with one attached hydrogen (secondary N) is 1. The van der Waals surface area contributed by atoms with Gasteiger partial charge < -0.3 is 14.2 Å². The highest BCUT2D eigenvalue weighted by molar-refractivity contribution is 7.91. The molecule has 0 aromatic carbocycles. The second-order valence-electron chi connectivity index (χ2n) is 5.88. The SMILES string of the molecule is O=C(c1nc(-c2csc(S(=O)(=O)NC3CC3)c2)no1)N1CCOCC1. The smallest absolute Gasteiger partial charge is 0.316 e. The Labute approximate surface area is 148 Å². The topological polar surface area (TPSA) is 115 Å². The van der Waals surface area contributed by atoms with Gasteiger partial charge in [0.2, 0.25) is 15.8 Å². The lowest BCUT2D eigenvalue weighted by atomic mass is 10.3. The van der Waals surface area contributed by atoms with E-state index in [1.807, 2.05) is 0 Å². The van der Waals surface area contributed by atoms with Gasteiger partial charge in [-0.25, -0.2) is 13.1 Å². The van der Waals surface area contributed by atoms with Crippen LogP contribution in [0.3, 0.4) is 0 Å². The molecule has 1 saturated carbocycles. The van der Waals surface area contributed by atoms with Gasteiger partial charge in [-0.05, 0) is 18.9 Å². The molecule has 134 valence electrons. The maximum absolute atomic E-state index is 12.3. The molecule has 1 aliphatic carbocycles. The largest absolute Gasteiger partial charge is 0.378 e. The highest BCUT2D eigenvalue weighted by atomic mass is 32.2. The Kier molecular flexibility index (Phi) is 4.31. The maximum Gasteiger partial charge on any atom is 0.316 e. The van der Waals surface area contributed by atoms with E-state index in [1.54, 1.807) is 10.3 Å². The molecular weight excluding hydrogens is 368 g/mol. The molecule has 3 heterocycles. The molecule has 11 heteroatoms. The quantitative estimate of drug-likeness (QED) is 0.807. The molecule has 1 saturated heterocycles. The van der Waals surface area contributed by atoms with Gasteiger partial charge >= 0.3 is 11.8 Å². The lowest BCUT2D eigenvalue weighted by Gasteiger charge is -2.25. The number of sulfonamides is 1. The number of ether oxygens (including phenoxy) is 1. The first-order chi connectivity index (χ1) is 12.0. The van der Waals surface area contributed by atoms with Crippen molar-refractivity contribution in [3.63, 3.8) is 0 Å². The first-order valence-electron chi connectivity index (χ1n) is 7.85. The Bertz CT molecular complexity index is 881. The van der Waals surface area contributed by atoms with Crippen LogP contribution in [0.4, 0.5) is 0 Å². The number of carbonyl (C=O) groups excluding carboxylic acids is 1. The van der Waals surface area contributed by atoms with Gasteiger partial charge in [0.25, 0.3) is 0 Å². The van der Waals surface area contributed by atoms with Crippen LogP contribution in [0.15, 0.2) is 20.2 Å². The van der Waals surface area contributed by atoms with Crippen molar-refractivity contribution < 1.29 is 22.5 Å². The van der Waals surface area contributed by atoms with Gasteiger partial charge in [-0.2, -0.15) is 4.98 Å². The lowest BCUT2D eigenvalue weighted by molar-refractivity contribution is 0.0272. The van der Waals surface area contributed by atoms with Crippen molar-refractivity contribution in [1.82, 2.24) is 19.8 Å². The van der Waals surface area contributed by atoms with Crippen molar-refractivity contribution in [2.45, 2.75) is 23.1 Å². The van der Waals surface area contributed by atoms with E-state index >= 15 is 0 Å². The molecule has 25 heavy (non-hydrogen) atoms. The molecule has 0 radical (unpaired) electrons. The van der Waals surface area contributed by atoms with E-state index in [1.165, 1.54) is 6.07 Å². The Hall–Kier alpha value is -1.82. The van der Waals surface area contributed by atoms with Gasteiger partial charge in [0.15, 0.2) is 0 Å². The fourth-order valence-corrected chi connectivity index (χ4v) is 4.86. The molecule has 1 amide bonds. The third-order valence-corrected chi connectivity index (χ3v) is 6.86. The van der Waals surface area contributed by atoms with Crippen molar-refractivity contribution >= 4 is 27.3 Å². The minimum absolute atomic E-state index is 0.0403. The number of hydrogen-bond donors (Lipinski definition) is 1. The number of hydrogen-bond acceptors (Lipinski definition) is 8. The predicted octanol–water partition coefficient (Wildman–Crippen LogP) is 0.711. The monoisotopic (exact) mass is 384 g/mol. The van der Waals surface area contributed by atoms with E-state index in [9.17, 15) is 13.2 Å². The zero-order valence-corrected chi connectivity index (χ0v) is 14.8. The van der Waals surface area contributed by atoms with Crippen LogP contribution in [0.1, 0.15) is 23.5 Å². The number of carbonyl (C=O) groups is 1. The zero-order chi connectivity index (χ0) is 17.4. The Morgan fingerprint density at radius 3 is 2.80 bits per heavy atom. The first kappa shape index (κ1) is 16.6. The molecule has 9 nitrogen and oxygen atoms in total. The summed E-state index contributed by atoms with van der Waals surface area (Å²) in [4.78, 5) is 18.0. The molecule has 2 aromatic rings. The number of rotatable bonds is 5. The number of thiophene rings is 1. The summed E-state index contributed by atoms with van der Waals surface area (Å²) in [7, 11) is -3.52. The Morgan fingerprint density at radius 1 is 1.32 bits per heavy atom. The van der Waals surface area contributed by atoms with E-state index in [0.29, 0.717) is 31.9 Å². The van der Waals surface area contributed by atoms with Crippen molar-refractivity contribution in [3.8, 4) is 11.4 Å². The van der Waals surface area contributed by atoms with Gasteiger partial charge in [0, 0.05) is 30.1 Å². The summed E-state index contributed by atoms with van der Waals surface area (Å²) in [5.74, 6) is -0.259. The number of aromatic nitrogens is 2. The van der Waals surface area contributed by atoms with Crippen LogP contribution in [-0.4, -0.2) is 61.7 Å². The molecule has 4 rings (SSSR count). The van der Waals surface area contributed by atoms with Crippen molar-refractivity contribution in [2.75, 3.05) is 26.3 Å². The highest BCUT2D eigenvalue weighted by Crippen LogP contribution is 2.29. The van der Waals surface area contributed by atoms with Crippen LogP contribution in [0, 0.1) is 0 Å². The summed E-state index contributed by atoms with van der Waals surface area (Å²) in [5, 5.41) is 5.43. The fourth-order valence-electron chi connectivity index (χ4n) is 2.38. The van der Waals surface area contributed by atoms with E-state index in [4.69, 9.17) is 9.26 Å². The molecule has 2 fully saturated rings. The summed E-state index contributed by atoms with van der Waals surface area (Å²) < 4.78 is 37.5. The van der Waals surface area contributed by atoms with Crippen molar-refractivity contribution in [3.05, 3.63) is 17.3 Å². The Balaban J connectivity index is 1.51. The molecule has 0 atom stereocenters. The lowest BCUT2D eigenvalue weighted by Crippen LogP contribution is -2.40. The highest BCUT2D eigenvalue weighted by Gasteiger charge is 2.29. The van der Waals surface area contributed by atoms with Crippen LogP contribution in [-0.2, 0) is 14.8 Å². The summed E-state index contributed by atoms with van der Waals surface area (Å²) in [6.45, 7) is 1.91. The second-order valence-corrected chi connectivity index (χ2v) is 8.73. The number of nitrogens with zero attached hydrogens (tertiary/aromatic N) is 3. The molecule has 1 aliphatic heterocycles. The number of morpholine rings is 1. The molecule has 2 aromatic heterocycles. The Morgan fingerprint density at radius 2 is 2.08 bits per heavy atom. The molecule has 1 N–H and O–H groups in total. The van der Waals surface area contributed by atoms with Crippen molar-refractivity contribution in [1.29, 1.82) is 0 Å². The van der Waals surface area contributed by atoms with Gasteiger partial charge in [-0.3, -0.25) is 4.79 Å². The van der Waals surface area contributed by atoms with Crippen LogP contribution in [0.2, 0.25) is 0 Å². The first-order valence-corrected chi connectivity index (χ1v) is 10.2. The minimum atomic E-state index is -3.52. The number of amides is 1. The van der Waals surface area contributed by atoms with E-state index in [-0.39, 0.29) is 27.9 Å². The minimum Gasteiger partial charge on any atom is -0.378 e. The maximum atomic E-state index is 12.3. The van der Waals surface area contributed by atoms with Crippen LogP contribution in [0.25, 0.3) is 11.4 Å². The van der Waals surface area contributed by atoms with Crippen LogP contribution < -0.4 is 4.72 Å². The molecular formula is C14H16N4O5S2. The van der Waals surface area contributed by atoms with Crippen LogP contribution in [0.5, 0.6) is 0 Å². The average molecular weight is 384 g/mol. The standard InChI is InChI=1S/C14H16N4O5S2/c19-14(18-3-5-22-6-4-18)13-15-12(16-23-13)9-7-11(24-8-9)25(20,21)17-10-1-2-10/h7-8,10,17H,1-6H2. The van der Waals surface area contributed by atoms with Gasteiger partial charge in [0.05, 0.1) is 13.2 Å². The average Bonchev–Trinajstić information content (AvgIpc) is 3.10. The molecule has 2 aliphatic rings. The third kappa shape index (κ3) is 3.59. The van der Waals surface area contributed by atoms with Crippen LogP contribution >= 0.6 is 11.3 Å². The van der Waals surface area contributed by atoms with E-state index in [0.717, 1.165) is 24.2 Å². The molecule has 0 spiro atoms. The summed E-state index contributed by atoms with van der Waals surface area (Å²) in [6, 6.07) is 1.53. The summed E-state index contributed by atoms with van der Waals surface area (Å²) in [5.41, 5.74) is 0.506. The molecule has 0 bridgehead atoms. The van der Waals surface area contributed by atoms with Gasteiger partial charge in [0.1, 0.15) is 4.21 Å². The normalized spacial score (nSPS) is 18.5. The summed E-state index contributed by atoms with van der Waals surface area (Å²) in [6.07, 6.45) is 1.74. The summed E-state index contributed by atoms with van der Waals surface area (Å²) >= 11 is 1.08. The fraction of sp³-hybridized carbons (Fsp3) is 0.500. The second kappa shape index (κ2) is 6.48. The zero-order valence-electron chi connectivity index (χ0n) is 13.2. The van der Waals surface area contributed by atoms with Gasteiger partial charge in [-0.1, -0.05) is 5.16 Å². The molecule has 0 unspecified atom stereocenters. The van der Waals surface area contributed by atoms with E-state index < -0.39 is 10.0 Å². The third-order valence-electron chi connectivity index (χ3n) is 3.90. The van der Waals surface area contributed by atoms with Crippen molar-refractivity contribution in [2.24, 2.45) is 0 Å². The van der Waals surface area contributed by atoms with E-state index in [2.05, 4.69) is 14.9 Å². The van der Waals surface area contributed by atoms with Gasteiger partial charge in [-0.15, -0.1) is 11.3 Å².